The first-order valence-corrected chi connectivity index (χ1v) is 11.6. The van der Waals surface area contributed by atoms with Gasteiger partial charge in [0.05, 0.1) is 12.7 Å². The second kappa shape index (κ2) is 10.4. The Morgan fingerprint density at radius 3 is 2.58 bits per heavy atom. The van der Waals surface area contributed by atoms with Gasteiger partial charge in [0.1, 0.15) is 0 Å². The quantitative estimate of drug-likeness (QED) is 0.447. The van der Waals surface area contributed by atoms with E-state index in [4.69, 9.17) is 18.7 Å². The summed E-state index contributed by atoms with van der Waals surface area (Å²) < 4.78 is 49.3. The third-order valence-electron chi connectivity index (χ3n) is 5.33. The van der Waals surface area contributed by atoms with Crippen LogP contribution in [0, 0.1) is 0 Å². The molecule has 0 bridgehead atoms. The van der Waals surface area contributed by atoms with Gasteiger partial charge in [0.2, 0.25) is 5.82 Å². The lowest BCUT2D eigenvalue weighted by Gasteiger charge is -2.34. The van der Waals surface area contributed by atoms with E-state index < -0.39 is 22.1 Å². The van der Waals surface area contributed by atoms with Crippen LogP contribution in [0.2, 0.25) is 0 Å². The Balaban J connectivity index is 0.00000341. The Bertz CT molecular complexity index is 868. The van der Waals surface area contributed by atoms with Crippen molar-refractivity contribution in [2.24, 2.45) is 0 Å². The van der Waals surface area contributed by atoms with Gasteiger partial charge in [0.25, 0.3) is 5.82 Å². The third-order valence-corrected chi connectivity index (χ3v) is 5.67. The largest absolute Gasteiger partial charge is 0.870 e. The molecule has 1 amide bonds. The van der Waals surface area contributed by atoms with E-state index in [1.165, 1.54) is 6.07 Å². The van der Waals surface area contributed by atoms with Crippen LogP contribution in [0.25, 0.3) is 0 Å². The molecular weight excluding hydrogens is 432 g/mol. The number of nitrogens with zero attached hydrogens (tertiary/aromatic N) is 3. The van der Waals surface area contributed by atoms with E-state index in [-0.39, 0.29) is 23.7 Å². The molecule has 0 aromatic carbocycles. The summed E-state index contributed by atoms with van der Waals surface area (Å²) in [5.41, 5.74) is -0.927. The Morgan fingerprint density at radius 1 is 1.32 bits per heavy atom. The molecule has 12 nitrogen and oxygen atoms in total. The van der Waals surface area contributed by atoms with Crippen molar-refractivity contribution >= 4 is 28.1 Å². The molecule has 176 valence electrons. The molecule has 2 fully saturated rings. The predicted molar refractivity (Wildman–Crippen MR) is 108 cm³/mol. The van der Waals surface area contributed by atoms with Crippen molar-refractivity contribution in [1.29, 1.82) is 0 Å². The van der Waals surface area contributed by atoms with E-state index in [1.54, 1.807) is 6.92 Å². The van der Waals surface area contributed by atoms with Crippen LogP contribution in [0.4, 0.5) is 16.4 Å². The van der Waals surface area contributed by atoms with Crippen molar-refractivity contribution in [3.05, 3.63) is 11.9 Å². The molecule has 31 heavy (non-hydrogen) atoms. The van der Waals surface area contributed by atoms with Crippen LogP contribution in [0.1, 0.15) is 58.2 Å². The van der Waals surface area contributed by atoms with Crippen LogP contribution in [-0.2, 0) is 25.5 Å². The molecule has 13 heteroatoms. The molecule has 1 aromatic rings. The molecule has 2 aliphatic heterocycles. The van der Waals surface area contributed by atoms with Gasteiger partial charge >= 0.3 is 22.3 Å². The number of amides is 1. The Kier molecular flexibility index (Phi) is 8.40. The van der Waals surface area contributed by atoms with Crippen molar-refractivity contribution in [2.45, 2.75) is 58.0 Å². The molecule has 3 N–H and O–H groups in total. The van der Waals surface area contributed by atoms with E-state index in [0.29, 0.717) is 25.3 Å². The van der Waals surface area contributed by atoms with Gasteiger partial charge in [-0.2, -0.15) is 8.42 Å². The average molecular weight is 463 g/mol. The fourth-order valence-electron chi connectivity index (χ4n) is 3.87. The van der Waals surface area contributed by atoms with Gasteiger partial charge < -0.3 is 19.8 Å². The van der Waals surface area contributed by atoms with Gasteiger partial charge in [-0.25, -0.2) is 14.4 Å². The minimum absolute atomic E-state index is 0. The van der Waals surface area contributed by atoms with E-state index >= 15 is 0 Å². The topological polar surface area (TPSA) is 161 Å². The predicted octanol–water partition coefficient (Wildman–Crippen LogP) is 1.40. The number of carbonyl (C=O) groups excluding carboxylic acids is 1. The minimum Gasteiger partial charge on any atom is -0.870 e. The zero-order chi connectivity index (χ0) is 21.8. The Labute approximate surface area is 181 Å². The Hall–Kier alpha value is -2.22. The molecule has 3 rings (SSSR count). The number of nitrogens with one attached hydrogen (secondary N) is 1. The number of hydrogen-bond acceptors (Lipinski definition) is 9. The standard InChI is InChI=1S/C18H28N4O7S.H2O/c1-3-18(9-5-8-12-28-18)16-19-14(21-10-6-7-11-21)13-15(20-17(23)27-4-2)22(16)29-30(24,25)26;/h13H,3-12H2,1-2H3,(H,24,25,26);1H2. The number of aromatic nitrogens is 2. The summed E-state index contributed by atoms with van der Waals surface area (Å²) in [5.74, 6) is 0.699. The minimum atomic E-state index is -4.91. The molecule has 0 spiro atoms. The van der Waals surface area contributed by atoms with Crippen molar-refractivity contribution in [1.82, 2.24) is 4.98 Å². The average Bonchev–Trinajstić information content (AvgIpc) is 3.23. The molecule has 2 saturated heterocycles. The highest BCUT2D eigenvalue weighted by Crippen LogP contribution is 2.37. The smallest absolute Gasteiger partial charge is 0.476 e. The fourth-order valence-corrected chi connectivity index (χ4v) is 4.21. The van der Waals surface area contributed by atoms with Gasteiger partial charge in [0.15, 0.2) is 5.60 Å². The molecule has 0 radical (unpaired) electrons. The fraction of sp³-hybridized carbons (Fsp3) is 0.722. The second-order valence-corrected chi connectivity index (χ2v) is 8.32. The highest BCUT2D eigenvalue weighted by molar-refractivity contribution is 7.80. The number of rotatable bonds is 7. The SMILES string of the molecule is CCOC(=O)Nc1cc(N2CCCC2)nc(C2(CC)CCCCO2)[n+]1OS(=O)(=O)O.[OH-]. The van der Waals surface area contributed by atoms with Gasteiger partial charge in [0, 0.05) is 19.7 Å². The first kappa shape index (κ1) is 25.0. The molecule has 1 aromatic heterocycles. The monoisotopic (exact) mass is 462 g/mol. The molecule has 0 aliphatic carbocycles. The first-order valence-electron chi connectivity index (χ1n) is 10.3. The van der Waals surface area contributed by atoms with Crippen LogP contribution < -0.4 is 19.2 Å². The zero-order valence-corrected chi connectivity index (χ0v) is 18.6. The molecule has 1 unspecified atom stereocenters. The number of hydrogen-bond donors (Lipinski definition) is 2. The van der Waals surface area contributed by atoms with Crippen LogP contribution in [0.5, 0.6) is 0 Å². The van der Waals surface area contributed by atoms with Gasteiger partial charge in [-0.3, -0.25) is 4.55 Å². The third kappa shape index (κ3) is 5.93. The van der Waals surface area contributed by atoms with Crippen LogP contribution in [-0.4, -0.2) is 55.8 Å². The van der Waals surface area contributed by atoms with Gasteiger partial charge in [-0.15, -0.1) is 0 Å². The summed E-state index contributed by atoms with van der Waals surface area (Å²) in [6.45, 7) is 5.74. The summed E-state index contributed by atoms with van der Waals surface area (Å²) in [6.07, 6.45) is 4.04. The van der Waals surface area contributed by atoms with Gasteiger partial charge in [-0.05, 0) is 50.2 Å². The number of ether oxygens (including phenoxy) is 2. The maximum absolute atomic E-state index is 12.1. The second-order valence-electron chi connectivity index (χ2n) is 7.31. The summed E-state index contributed by atoms with van der Waals surface area (Å²) in [6, 6.07) is 1.50. The highest BCUT2D eigenvalue weighted by atomic mass is 32.3. The van der Waals surface area contributed by atoms with Crippen LogP contribution in [0.15, 0.2) is 6.07 Å². The molecule has 2 aliphatic rings. The lowest BCUT2D eigenvalue weighted by Crippen LogP contribution is -2.57. The van der Waals surface area contributed by atoms with Crippen molar-refractivity contribution in [3.8, 4) is 0 Å². The van der Waals surface area contributed by atoms with Crippen molar-refractivity contribution < 1.29 is 41.7 Å². The summed E-state index contributed by atoms with van der Waals surface area (Å²) in [7, 11) is -4.91. The summed E-state index contributed by atoms with van der Waals surface area (Å²) in [5, 5.41) is 2.50. The van der Waals surface area contributed by atoms with Crippen molar-refractivity contribution in [2.75, 3.05) is 36.5 Å². The van der Waals surface area contributed by atoms with Crippen LogP contribution >= 0.6 is 0 Å². The zero-order valence-electron chi connectivity index (χ0n) is 17.7. The summed E-state index contributed by atoms with van der Waals surface area (Å²) in [4.78, 5) is 18.9. The summed E-state index contributed by atoms with van der Waals surface area (Å²) >= 11 is 0. The van der Waals surface area contributed by atoms with E-state index in [1.807, 2.05) is 11.8 Å². The van der Waals surface area contributed by atoms with E-state index in [9.17, 15) is 17.8 Å². The maximum Gasteiger partial charge on any atom is 0.476 e. The van der Waals surface area contributed by atoms with E-state index in [0.717, 1.165) is 43.5 Å². The lowest BCUT2D eigenvalue weighted by molar-refractivity contribution is -0.857. The molecule has 0 saturated carbocycles. The first-order chi connectivity index (χ1) is 14.3. The normalized spacial score (nSPS) is 21.3. The number of anilines is 2. The maximum atomic E-state index is 12.1. The van der Waals surface area contributed by atoms with E-state index in [2.05, 4.69) is 5.32 Å². The van der Waals surface area contributed by atoms with Crippen molar-refractivity contribution in [3.63, 3.8) is 0 Å². The lowest BCUT2D eigenvalue weighted by atomic mass is 9.90. The molecule has 3 heterocycles. The molecule has 1 atom stereocenters. The highest BCUT2D eigenvalue weighted by Gasteiger charge is 2.45. The number of carbonyl (C=O) groups is 1. The molecular formula is C18H30N4O8S. The van der Waals surface area contributed by atoms with Crippen LogP contribution in [0.3, 0.4) is 0 Å². The van der Waals surface area contributed by atoms with Gasteiger partial charge in [-0.1, -0.05) is 11.9 Å². The Morgan fingerprint density at radius 2 is 2.03 bits per heavy atom.